The number of nitrogens with zero attached hydrogens (tertiary/aromatic N) is 1. The molecule has 0 saturated carbocycles. The van der Waals surface area contributed by atoms with Crippen LogP contribution >= 0.6 is 0 Å². The van der Waals surface area contributed by atoms with E-state index in [1.54, 1.807) is 24.3 Å². The quantitative estimate of drug-likeness (QED) is 0.300. The lowest BCUT2D eigenvalue weighted by Gasteiger charge is -2.23. The molecule has 0 unspecified atom stereocenters. The smallest absolute Gasteiger partial charge is 0.176 e. The summed E-state index contributed by atoms with van der Waals surface area (Å²) < 4.78 is 11.3. The first-order valence-electron chi connectivity index (χ1n) is 11.8. The van der Waals surface area contributed by atoms with Gasteiger partial charge in [-0.25, -0.2) is 0 Å². The number of phenols is 1. The number of phenolic OH excluding ortho intramolecular Hbond substituents is 1. The molecule has 2 aromatic rings. The third kappa shape index (κ3) is 7.75. The van der Waals surface area contributed by atoms with Crippen LogP contribution < -0.4 is 20.5 Å². The van der Waals surface area contributed by atoms with Crippen molar-refractivity contribution >= 4 is 5.78 Å². The van der Waals surface area contributed by atoms with Crippen LogP contribution in [0.5, 0.6) is 17.2 Å². The number of carbonyl (C=O) groups excluding carboxylic acids is 1. The highest BCUT2D eigenvalue weighted by atomic mass is 16.5. The first-order chi connectivity index (χ1) is 16.2. The number of ether oxygens (including phenoxy) is 2. The fraction of sp³-hybridized carbons (Fsp3) is 0.481. The van der Waals surface area contributed by atoms with E-state index in [2.05, 4.69) is 11.4 Å². The molecule has 0 saturated heterocycles. The molecule has 2 aromatic carbocycles. The van der Waals surface area contributed by atoms with Gasteiger partial charge in [-0.2, -0.15) is 5.26 Å². The van der Waals surface area contributed by atoms with Crippen LogP contribution in [-0.2, 0) is 11.8 Å². The van der Waals surface area contributed by atoms with Crippen molar-refractivity contribution in [2.75, 3.05) is 32.8 Å². The van der Waals surface area contributed by atoms with Gasteiger partial charge in [0.05, 0.1) is 31.4 Å². The van der Waals surface area contributed by atoms with E-state index in [9.17, 15) is 15.2 Å². The Morgan fingerprint density at radius 2 is 1.94 bits per heavy atom. The molecule has 7 nitrogen and oxygen atoms in total. The molecular weight excluding hydrogens is 430 g/mol. The standard InChI is InChI=1S/C27H37N3O4/c1-5-33-22-9-8-20(17-29)19(14-22)10-12-30-18-24(31)21-15-23(27(2,3)4)26(32)25(16-21)34-13-7-6-11-28/h8-9,14-16,30,32H,5-7,10-13,18,28H2,1-4H3. The number of Topliss-reactive ketones (excluding diaryl/α,β-unsaturated/α-hetero) is 1. The summed E-state index contributed by atoms with van der Waals surface area (Å²) in [6, 6.07) is 11.0. The second-order valence-electron chi connectivity index (χ2n) is 9.18. The predicted octanol–water partition coefficient (Wildman–Crippen LogP) is 4.09. The van der Waals surface area contributed by atoms with Gasteiger partial charge in [0.15, 0.2) is 17.3 Å². The third-order valence-electron chi connectivity index (χ3n) is 5.43. The second-order valence-corrected chi connectivity index (χ2v) is 9.18. The van der Waals surface area contributed by atoms with Crippen LogP contribution in [0.1, 0.15) is 67.6 Å². The fourth-order valence-corrected chi connectivity index (χ4v) is 3.55. The number of hydrogen-bond acceptors (Lipinski definition) is 7. The summed E-state index contributed by atoms with van der Waals surface area (Å²) in [6.45, 7) is 10.1. The number of nitrogens with one attached hydrogen (secondary N) is 1. The van der Waals surface area contributed by atoms with E-state index in [4.69, 9.17) is 15.2 Å². The zero-order valence-corrected chi connectivity index (χ0v) is 20.7. The summed E-state index contributed by atoms with van der Waals surface area (Å²) in [5.41, 5.74) is 7.80. The highest BCUT2D eigenvalue weighted by molar-refractivity contribution is 5.98. The Hall–Kier alpha value is -3.08. The molecule has 4 N–H and O–H groups in total. The second kappa shape index (κ2) is 13.0. The Balaban J connectivity index is 2.08. The predicted molar refractivity (Wildman–Crippen MR) is 134 cm³/mol. The number of nitriles is 1. The van der Waals surface area contributed by atoms with Crippen molar-refractivity contribution in [3.05, 3.63) is 52.6 Å². The van der Waals surface area contributed by atoms with E-state index in [-0.39, 0.29) is 23.5 Å². The van der Waals surface area contributed by atoms with Crippen LogP contribution in [-0.4, -0.2) is 43.7 Å². The van der Waals surface area contributed by atoms with E-state index in [1.807, 2.05) is 33.8 Å². The van der Waals surface area contributed by atoms with Gasteiger partial charge in [0.2, 0.25) is 0 Å². The maximum atomic E-state index is 12.9. The van der Waals surface area contributed by atoms with Crippen LogP contribution in [0.2, 0.25) is 0 Å². The Morgan fingerprint density at radius 1 is 1.18 bits per heavy atom. The minimum Gasteiger partial charge on any atom is -0.504 e. The van der Waals surface area contributed by atoms with Crippen molar-refractivity contribution in [2.24, 2.45) is 5.73 Å². The lowest BCUT2D eigenvalue weighted by molar-refractivity contribution is 0.0990. The van der Waals surface area contributed by atoms with Crippen LogP contribution in [0.15, 0.2) is 30.3 Å². The molecule has 2 rings (SSSR count). The topological polar surface area (TPSA) is 118 Å². The van der Waals surface area contributed by atoms with E-state index in [1.165, 1.54) is 0 Å². The molecular formula is C27H37N3O4. The van der Waals surface area contributed by atoms with Gasteiger partial charge in [-0.3, -0.25) is 4.79 Å². The first kappa shape index (κ1) is 27.2. The molecule has 34 heavy (non-hydrogen) atoms. The minimum atomic E-state index is -0.359. The number of nitrogens with two attached hydrogens (primary N) is 1. The molecule has 0 atom stereocenters. The minimum absolute atomic E-state index is 0.0722. The zero-order chi connectivity index (χ0) is 25.1. The van der Waals surface area contributed by atoms with E-state index < -0.39 is 0 Å². The number of benzene rings is 2. The summed E-state index contributed by atoms with van der Waals surface area (Å²) in [5, 5.41) is 23.3. The van der Waals surface area contributed by atoms with Crippen LogP contribution in [0, 0.1) is 11.3 Å². The normalized spacial score (nSPS) is 11.2. The summed E-state index contributed by atoms with van der Waals surface area (Å²) in [7, 11) is 0. The van der Waals surface area contributed by atoms with Gasteiger partial charge in [-0.15, -0.1) is 0 Å². The summed E-state index contributed by atoms with van der Waals surface area (Å²) >= 11 is 0. The molecule has 0 radical (unpaired) electrons. The Labute approximate surface area is 202 Å². The van der Waals surface area contributed by atoms with Gasteiger partial charge in [0.1, 0.15) is 5.75 Å². The largest absolute Gasteiger partial charge is 0.504 e. The van der Waals surface area contributed by atoms with E-state index in [0.717, 1.165) is 24.2 Å². The van der Waals surface area contributed by atoms with Gasteiger partial charge >= 0.3 is 0 Å². The molecule has 0 fully saturated rings. The molecule has 0 spiro atoms. The molecule has 0 aliphatic heterocycles. The summed E-state index contributed by atoms with van der Waals surface area (Å²) in [5.74, 6) is 1.02. The number of ketones is 1. The molecule has 0 bridgehead atoms. The number of hydrogen-bond donors (Lipinski definition) is 3. The number of unbranched alkanes of at least 4 members (excludes halogenated alkanes) is 1. The molecule has 0 aliphatic rings. The molecule has 0 aliphatic carbocycles. The number of carbonyl (C=O) groups is 1. The lowest BCUT2D eigenvalue weighted by atomic mass is 9.84. The zero-order valence-electron chi connectivity index (χ0n) is 20.7. The molecule has 0 aromatic heterocycles. The average molecular weight is 468 g/mol. The highest BCUT2D eigenvalue weighted by Gasteiger charge is 2.24. The van der Waals surface area contributed by atoms with Gasteiger partial charge in [0.25, 0.3) is 0 Å². The van der Waals surface area contributed by atoms with Crippen molar-refractivity contribution in [1.29, 1.82) is 5.26 Å². The SMILES string of the molecule is CCOc1ccc(C#N)c(CCNCC(=O)c2cc(OCCCCN)c(O)c(C(C)(C)C)c2)c1. The number of rotatable bonds is 13. The van der Waals surface area contributed by atoms with Crippen molar-refractivity contribution in [2.45, 2.75) is 52.4 Å². The third-order valence-corrected chi connectivity index (χ3v) is 5.43. The molecule has 184 valence electrons. The average Bonchev–Trinajstić information content (AvgIpc) is 2.80. The van der Waals surface area contributed by atoms with Gasteiger partial charge < -0.3 is 25.6 Å². The van der Waals surface area contributed by atoms with Crippen LogP contribution in [0.25, 0.3) is 0 Å². The lowest BCUT2D eigenvalue weighted by Crippen LogP contribution is -2.26. The first-order valence-corrected chi connectivity index (χ1v) is 11.8. The summed E-state index contributed by atoms with van der Waals surface area (Å²) in [6.07, 6.45) is 2.20. The molecule has 0 amide bonds. The Kier molecular flexibility index (Phi) is 10.4. The fourth-order valence-electron chi connectivity index (χ4n) is 3.55. The van der Waals surface area contributed by atoms with Gasteiger partial charge in [-0.05, 0) is 80.6 Å². The van der Waals surface area contributed by atoms with Gasteiger partial charge in [-0.1, -0.05) is 20.8 Å². The van der Waals surface area contributed by atoms with Crippen molar-refractivity contribution in [3.63, 3.8) is 0 Å². The van der Waals surface area contributed by atoms with Gasteiger partial charge in [0, 0.05) is 11.1 Å². The van der Waals surface area contributed by atoms with Crippen LogP contribution in [0.4, 0.5) is 0 Å². The van der Waals surface area contributed by atoms with Crippen molar-refractivity contribution < 1.29 is 19.4 Å². The van der Waals surface area contributed by atoms with E-state index in [0.29, 0.717) is 55.2 Å². The molecule has 0 heterocycles. The summed E-state index contributed by atoms with van der Waals surface area (Å²) in [4.78, 5) is 12.9. The van der Waals surface area contributed by atoms with Crippen LogP contribution in [0.3, 0.4) is 0 Å². The van der Waals surface area contributed by atoms with E-state index >= 15 is 0 Å². The highest BCUT2D eigenvalue weighted by Crippen LogP contribution is 2.39. The Morgan fingerprint density at radius 3 is 2.59 bits per heavy atom. The maximum absolute atomic E-state index is 12.9. The Bertz CT molecular complexity index is 1010. The number of aromatic hydroxyl groups is 1. The monoisotopic (exact) mass is 467 g/mol. The van der Waals surface area contributed by atoms with Crippen molar-refractivity contribution in [1.82, 2.24) is 5.32 Å². The van der Waals surface area contributed by atoms with Crippen molar-refractivity contribution in [3.8, 4) is 23.3 Å². The molecule has 7 heteroatoms. The maximum Gasteiger partial charge on any atom is 0.176 e.